The van der Waals surface area contributed by atoms with Crippen molar-refractivity contribution in [2.75, 3.05) is 5.75 Å². The van der Waals surface area contributed by atoms with E-state index in [4.69, 9.17) is 0 Å². The lowest BCUT2D eigenvalue weighted by Crippen LogP contribution is -2.48. The highest BCUT2D eigenvalue weighted by atomic mass is 32.2. The van der Waals surface area contributed by atoms with Crippen molar-refractivity contribution < 1.29 is 9.59 Å². The molecule has 0 aliphatic heterocycles. The number of hydrogen-bond donors (Lipinski definition) is 2. The summed E-state index contributed by atoms with van der Waals surface area (Å²) in [6.07, 6.45) is 0. The van der Waals surface area contributed by atoms with E-state index >= 15 is 0 Å². The van der Waals surface area contributed by atoms with Gasteiger partial charge < -0.3 is 5.32 Å². The lowest BCUT2D eigenvalue weighted by Gasteiger charge is -2.20. The first kappa shape index (κ1) is 18.0. The Kier molecular flexibility index (Phi) is 5.28. The maximum Gasteiger partial charge on any atom is 0.321 e. The highest BCUT2D eigenvalue weighted by Gasteiger charge is 2.16. The molecule has 128 valence electrons. The minimum absolute atomic E-state index is 0.0177. The Balaban J connectivity index is 2.06. The van der Waals surface area contributed by atoms with E-state index in [0.717, 1.165) is 11.8 Å². The van der Waals surface area contributed by atoms with Crippen LogP contribution in [0.5, 0.6) is 0 Å². The van der Waals surface area contributed by atoms with Gasteiger partial charge in [-0.05, 0) is 32.9 Å². The van der Waals surface area contributed by atoms with E-state index in [1.165, 1.54) is 4.57 Å². The highest BCUT2D eigenvalue weighted by Crippen LogP contribution is 2.16. The number of aromatic nitrogens is 2. The van der Waals surface area contributed by atoms with Gasteiger partial charge in [0.05, 0.1) is 16.7 Å². The molecular weight excluding hydrogens is 328 g/mol. The second-order valence-corrected chi connectivity index (χ2v) is 7.26. The first-order valence-corrected chi connectivity index (χ1v) is 8.36. The molecule has 0 fully saturated rings. The molecule has 0 radical (unpaired) electrons. The Labute approximate surface area is 143 Å². The molecule has 0 bridgehead atoms. The average molecular weight is 348 g/mol. The molecule has 2 N–H and O–H groups in total. The van der Waals surface area contributed by atoms with Crippen LogP contribution in [0, 0.1) is 0 Å². The molecule has 1 aromatic heterocycles. The molecule has 0 atom stereocenters. The zero-order valence-electron chi connectivity index (χ0n) is 14.0. The summed E-state index contributed by atoms with van der Waals surface area (Å²) in [6.45, 7) is 5.46. The van der Waals surface area contributed by atoms with E-state index in [9.17, 15) is 14.4 Å². The van der Waals surface area contributed by atoms with Gasteiger partial charge in [-0.2, -0.15) is 0 Å². The molecule has 1 heterocycles. The van der Waals surface area contributed by atoms with Gasteiger partial charge in [-0.3, -0.25) is 19.5 Å². The largest absolute Gasteiger partial charge is 0.333 e. The molecule has 8 heteroatoms. The predicted molar refractivity (Wildman–Crippen MR) is 94.1 cm³/mol. The number of para-hydroxylation sites is 1. The van der Waals surface area contributed by atoms with Crippen molar-refractivity contribution in [3.05, 3.63) is 34.6 Å². The van der Waals surface area contributed by atoms with Gasteiger partial charge in [0.25, 0.3) is 5.56 Å². The Morgan fingerprint density at radius 2 is 1.92 bits per heavy atom. The molecule has 0 saturated heterocycles. The van der Waals surface area contributed by atoms with Gasteiger partial charge in [-0.25, -0.2) is 9.78 Å². The van der Waals surface area contributed by atoms with Crippen LogP contribution >= 0.6 is 11.8 Å². The number of benzene rings is 1. The van der Waals surface area contributed by atoms with E-state index < -0.39 is 17.5 Å². The van der Waals surface area contributed by atoms with Crippen LogP contribution in [0.15, 0.2) is 34.2 Å². The summed E-state index contributed by atoms with van der Waals surface area (Å²) in [5.74, 6) is -0.472. The fraction of sp³-hybridized carbons (Fsp3) is 0.375. The summed E-state index contributed by atoms with van der Waals surface area (Å²) in [5.41, 5.74) is -0.0237. The van der Waals surface area contributed by atoms with Crippen LogP contribution in [0.4, 0.5) is 4.79 Å². The van der Waals surface area contributed by atoms with E-state index in [2.05, 4.69) is 15.6 Å². The van der Waals surface area contributed by atoms with Crippen molar-refractivity contribution in [2.45, 2.75) is 31.5 Å². The van der Waals surface area contributed by atoms with Gasteiger partial charge in [0.1, 0.15) is 0 Å². The highest BCUT2D eigenvalue weighted by molar-refractivity contribution is 7.99. The average Bonchev–Trinajstić information content (AvgIpc) is 2.47. The fourth-order valence-corrected chi connectivity index (χ4v) is 2.76. The van der Waals surface area contributed by atoms with Crippen LogP contribution in [0.1, 0.15) is 20.8 Å². The van der Waals surface area contributed by atoms with Crippen molar-refractivity contribution in [3.8, 4) is 0 Å². The number of hydrogen-bond acceptors (Lipinski definition) is 5. The zero-order valence-corrected chi connectivity index (χ0v) is 14.9. The maximum absolute atomic E-state index is 12.3. The number of carbonyl (C=O) groups excluding carboxylic acids is 2. The van der Waals surface area contributed by atoms with Gasteiger partial charge in [-0.1, -0.05) is 23.9 Å². The van der Waals surface area contributed by atoms with E-state index in [-0.39, 0.29) is 11.3 Å². The summed E-state index contributed by atoms with van der Waals surface area (Å²) in [6, 6.07) is 6.49. The summed E-state index contributed by atoms with van der Waals surface area (Å²) in [5, 5.41) is 5.84. The summed E-state index contributed by atoms with van der Waals surface area (Å²) in [4.78, 5) is 40.2. The lowest BCUT2D eigenvalue weighted by atomic mass is 10.1. The molecule has 0 saturated carbocycles. The molecule has 0 aliphatic rings. The number of carbonyl (C=O) groups is 2. The number of amides is 3. The topological polar surface area (TPSA) is 93.1 Å². The molecule has 0 aliphatic carbocycles. The van der Waals surface area contributed by atoms with Crippen LogP contribution in [0.3, 0.4) is 0 Å². The first-order chi connectivity index (χ1) is 11.2. The lowest BCUT2D eigenvalue weighted by molar-refractivity contribution is -0.117. The Bertz CT molecular complexity index is 839. The van der Waals surface area contributed by atoms with Gasteiger partial charge >= 0.3 is 6.03 Å². The van der Waals surface area contributed by atoms with Crippen molar-refractivity contribution in [1.29, 1.82) is 0 Å². The maximum atomic E-state index is 12.3. The van der Waals surface area contributed by atoms with Gasteiger partial charge in [0.15, 0.2) is 5.16 Å². The monoisotopic (exact) mass is 348 g/mol. The molecule has 1 aromatic carbocycles. The van der Waals surface area contributed by atoms with Crippen molar-refractivity contribution in [2.24, 2.45) is 7.05 Å². The number of nitrogens with one attached hydrogen (secondary N) is 2. The van der Waals surface area contributed by atoms with E-state index in [0.29, 0.717) is 16.1 Å². The summed E-state index contributed by atoms with van der Waals surface area (Å²) < 4.78 is 1.40. The van der Waals surface area contributed by atoms with Crippen LogP contribution in [-0.4, -0.2) is 32.8 Å². The predicted octanol–water partition coefficient (Wildman–Crippen LogP) is 1.65. The molecule has 2 aromatic rings. The smallest absolute Gasteiger partial charge is 0.321 e. The minimum Gasteiger partial charge on any atom is -0.333 e. The Morgan fingerprint density at radius 3 is 2.58 bits per heavy atom. The molecule has 0 unspecified atom stereocenters. The molecule has 3 amide bonds. The Morgan fingerprint density at radius 1 is 1.25 bits per heavy atom. The number of thioether (sulfide) groups is 1. The number of rotatable bonds is 3. The van der Waals surface area contributed by atoms with Gasteiger partial charge in [0, 0.05) is 12.6 Å². The fourth-order valence-electron chi connectivity index (χ4n) is 1.99. The van der Waals surface area contributed by atoms with Crippen LogP contribution in [0.25, 0.3) is 10.9 Å². The Hall–Kier alpha value is -2.35. The second kappa shape index (κ2) is 7.04. The van der Waals surface area contributed by atoms with Crippen molar-refractivity contribution in [3.63, 3.8) is 0 Å². The number of fused-ring (bicyclic) bond motifs is 1. The third-order valence-electron chi connectivity index (χ3n) is 3.02. The standard InChI is InChI=1S/C16H20N4O3S/c1-16(2,3)19-14(23)18-12(21)9-24-15-17-11-8-6-5-7-10(11)13(22)20(15)4/h5-8H,9H2,1-4H3,(H2,18,19,21,23). The third-order valence-corrected chi connectivity index (χ3v) is 4.05. The van der Waals surface area contributed by atoms with Gasteiger partial charge in [-0.15, -0.1) is 0 Å². The SMILES string of the molecule is Cn1c(SCC(=O)NC(=O)NC(C)(C)C)nc2ccccc2c1=O. The quantitative estimate of drug-likeness (QED) is 0.650. The molecular formula is C16H20N4O3S. The number of nitrogens with zero attached hydrogens (tertiary/aromatic N) is 2. The van der Waals surface area contributed by atoms with Crippen LogP contribution in [-0.2, 0) is 11.8 Å². The first-order valence-electron chi connectivity index (χ1n) is 7.38. The van der Waals surface area contributed by atoms with E-state index in [1.54, 1.807) is 31.3 Å². The van der Waals surface area contributed by atoms with Crippen molar-refractivity contribution >= 4 is 34.6 Å². The van der Waals surface area contributed by atoms with E-state index in [1.807, 2.05) is 20.8 Å². The van der Waals surface area contributed by atoms with Gasteiger partial charge in [0.2, 0.25) is 5.91 Å². The van der Waals surface area contributed by atoms with Crippen LogP contribution < -0.4 is 16.2 Å². The second-order valence-electron chi connectivity index (χ2n) is 6.32. The molecule has 24 heavy (non-hydrogen) atoms. The van der Waals surface area contributed by atoms with Crippen LogP contribution in [0.2, 0.25) is 0 Å². The van der Waals surface area contributed by atoms with Crippen molar-refractivity contribution in [1.82, 2.24) is 20.2 Å². The summed E-state index contributed by atoms with van der Waals surface area (Å²) in [7, 11) is 1.61. The zero-order chi connectivity index (χ0) is 17.9. The molecule has 2 rings (SSSR count). The normalized spacial score (nSPS) is 11.3. The molecule has 7 nitrogen and oxygen atoms in total. The number of imide groups is 1. The molecule has 0 spiro atoms. The third kappa shape index (κ3) is 4.58. The minimum atomic E-state index is -0.548. The number of urea groups is 1. The summed E-state index contributed by atoms with van der Waals surface area (Å²) >= 11 is 1.10.